The van der Waals surface area contributed by atoms with E-state index in [4.69, 9.17) is 0 Å². The van der Waals surface area contributed by atoms with E-state index in [1.165, 1.54) is 12.8 Å². The minimum absolute atomic E-state index is 0.735. The van der Waals surface area contributed by atoms with Gasteiger partial charge < -0.3 is 10.2 Å². The quantitative estimate of drug-likeness (QED) is 0.725. The molecule has 0 aliphatic carbocycles. The number of nitrogens with zero attached hydrogens (tertiary/aromatic N) is 3. The number of nitrogens with one attached hydrogen (secondary N) is 2. The maximum absolute atomic E-state index is 4.17. The van der Waals surface area contributed by atoms with Gasteiger partial charge in [-0.15, -0.1) is 0 Å². The molecule has 5 heteroatoms. The molecule has 0 radical (unpaired) electrons. The molecule has 0 spiro atoms. The number of piperidine rings is 1. The highest BCUT2D eigenvalue weighted by Gasteiger charge is 2.20. The standard InChI is InChI=1S/C9H17N5/c1-10-5-8-3-2-4-14(6-8)9-11-7-12-13-9/h7-8,10H,2-6H2,1H3,(H,11,12,13). The van der Waals surface area contributed by atoms with Crippen LogP contribution < -0.4 is 10.2 Å². The molecule has 1 unspecified atom stereocenters. The van der Waals surface area contributed by atoms with Gasteiger partial charge in [0.1, 0.15) is 6.33 Å². The fourth-order valence-corrected chi connectivity index (χ4v) is 2.06. The van der Waals surface area contributed by atoms with E-state index < -0.39 is 0 Å². The summed E-state index contributed by atoms with van der Waals surface area (Å²) >= 11 is 0. The summed E-state index contributed by atoms with van der Waals surface area (Å²) in [4.78, 5) is 6.45. The molecular formula is C9H17N5. The molecule has 2 N–H and O–H groups in total. The second-order valence-corrected chi connectivity index (χ2v) is 3.82. The monoisotopic (exact) mass is 195 g/mol. The van der Waals surface area contributed by atoms with Crippen molar-refractivity contribution in [2.24, 2.45) is 5.92 Å². The van der Waals surface area contributed by atoms with Crippen molar-refractivity contribution in [2.75, 3.05) is 31.6 Å². The van der Waals surface area contributed by atoms with Crippen molar-refractivity contribution in [3.63, 3.8) is 0 Å². The van der Waals surface area contributed by atoms with Gasteiger partial charge in [-0.3, -0.25) is 0 Å². The molecule has 1 saturated heterocycles. The Morgan fingerprint density at radius 3 is 3.36 bits per heavy atom. The molecule has 0 amide bonds. The summed E-state index contributed by atoms with van der Waals surface area (Å²) in [6.07, 6.45) is 4.12. The summed E-state index contributed by atoms with van der Waals surface area (Å²) in [5, 5.41) is 10.0. The molecule has 1 aliphatic rings. The van der Waals surface area contributed by atoms with Crippen LogP contribution in [0.4, 0.5) is 5.95 Å². The number of aromatic nitrogens is 3. The van der Waals surface area contributed by atoms with Crippen molar-refractivity contribution >= 4 is 5.95 Å². The van der Waals surface area contributed by atoms with Gasteiger partial charge in [-0.1, -0.05) is 0 Å². The molecule has 14 heavy (non-hydrogen) atoms. The fourth-order valence-electron chi connectivity index (χ4n) is 2.06. The Bertz CT molecular complexity index is 256. The predicted molar refractivity (Wildman–Crippen MR) is 55.2 cm³/mol. The lowest BCUT2D eigenvalue weighted by molar-refractivity contribution is 0.399. The minimum atomic E-state index is 0.735. The summed E-state index contributed by atoms with van der Waals surface area (Å²) in [5.74, 6) is 1.64. The SMILES string of the molecule is CNCC1CCCN(c2ncn[nH]2)C1. The smallest absolute Gasteiger partial charge is 0.221 e. The van der Waals surface area contributed by atoms with Crippen molar-refractivity contribution in [2.45, 2.75) is 12.8 Å². The third kappa shape index (κ3) is 2.04. The molecule has 1 aromatic rings. The Hall–Kier alpha value is -1.10. The molecular weight excluding hydrogens is 178 g/mol. The van der Waals surface area contributed by atoms with Crippen molar-refractivity contribution in [1.29, 1.82) is 0 Å². The van der Waals surface area contributed by atoms with Crippen LogP contribution in [0.2, 0.25) is 0 Å². The topological polar surface area (TPSA) is 56.8 Å². The zero-order valence-electron chi connectivity index (χ0n) is 8.53. The van der Waals surface area contributed by atoms with Crippen LogP contribution in [-0.2, 0) is 0 Å². The number of hydrogen-bond acceptors (Lipinski definition) is 4. The van der Waals surface area contributed by atoms with Gasteiger partial charge in [-0.05, 0) is 32.4 Å². The Morgan fingerprint density at radius 1 is 1.71 bits per heavy atom. The third-order valence-corrected chi connectivity index (χ3v) is 2.71. The first-order valence-corrected chi connectivity index (χ1v) is 5.15. The number of rotatable bonds is 3. The van der Waals surface area contributed by atoms with Gasteiger partial charge in [-0.2, -0.15) is 10.1 Å². The van der Waals surface area contributed by atoms with E-state index in [0.717, 1.165) is 31.5 Å². The zero-order chi connectivity index (χ0) is 9.80. The van der Waals surface area contributed by atoms with Gasteiger partial charge >= 0.3 is 0 Å². The van der Waals surface area contributed by atoms with E-state index in [-0.39, 0.29) is 0 Å². The lowest BCUT2D eigenvalue weighted by atomic mass is 9.98. The second-order valence-electron chi connectivity index (χ2n) is 3.82. The third-order valence-electron chi connectivity index (χ3n) is 2.71. The van der Waals surface area contributed by atoms with E-state index in [1.54, 1.807) is 6.33 Å². The van der Waals surface area contributed by atoms with Crippen molar-refractivity contribution in [3.8, 4) is 0 Å². The summed E-state index contributed by atoms with van der Waals surface area (Å²) in [7, 11) is 2.01. The molecule has 78 valence electrons. The highest BCUT2D eigenvalue weighted by atomic mass is 15.3. The van der Waals surface area contributed by atoms with E-state index in [2.05, 4.69) is 25.4 Å². The Labute approximate surface area is 83.9 Å². The number of aromatic amines is 1. The van der Waals surface area contributed by atoms with Crippen LogP contribution in [0, 0.1) is 5.92 Å². The average Bonchev–Trinajstić information content (AvgIpc) is 2.71. The molecule has 2 heterocycles. The molecule has 1 fully saturated rings. The van der Waals surface area contributed by atoms with E-state index in [1.807, 2.05) is 7.05 Å². The zero-order valence-corrected chi connectivity index (χ0v) is 8.53. The first-order valence-electron chi connectivity index (χ1n) is 5.15. The van der Waals surface area contributed by atoms with Crippen molar-refractivity contribution in [3.05, 3.63) is 6.33 Å². The lowest BCUT2D eigenvalue weighted by Gasteiger charge is -2.32. The lowest BCUT2D eigenvalue weighted by Crippen LogP contribution is -2.39. The number of anilines is 1. The van der Waals surface area contributed by atoms with Crippen LogP contribution in [0.15, 0.2) is 6.33 Å². The molecule has 2 rings (SSSR count). The van der Waals surface area contributed by atoms with E-state index in [9.17, 15) is 0 Å². The van der Waals surface area contributed by atoms with Gasteiger partial charge in [-0.25, -0.2) is 5.10 Å². The van der Waals surface area contributed by atoms with Crippen LogP contribution >= 0.6 is 0 Å². The Balaban J connectivity index is 1.94. The van der Waals surface area contributed by atoms with Crippen LogP contribution in [-0.4, -0.2) is 41.9 Å². The van der Waals surface area contributed by atoms with E-state index in [0.29, 0.717) is 0 Å². The fraction of sp³-hybridized carbons (Fsp3) is 0.778. The molecule has 0 bridgehead atoms. The van der Waals surface area contributed by atoms with Gasteiger partial charge in [0, 0.05) is 13.1 Å². The summed E-state index contributed by atoms with van der Waals surface area (Å²) in [5.41, 5.74) is 0. The van der Waals surface area contributed by atoms with Gasteiger partial charge in [0.25, 0.3) is 0 Å². The van der Waals surface area contributed by atoms with Gasteiger partial charge in [0.05, 0.1) is 0 Å². The van der Waals surface area contributed by atoms with Crippen molar-refractivity contribution in [1.82, 2.24) is 20.5 Å². The van der Waals surface area contributed by atoms with Gasteiger partial charge in [0.2, 0.25) is 5.95 Å². The maximum Gasteiger partial charge on any atom is 0.221 e. The van der Waals surface area contributed by atoms with Crippen LogP contribution in [0.25, 0.3) is 0 Å². The van der Waals surface area contributed by atoms with Crippen LogP contribution in [0.3, 0.4) is 0 Å². The molecule has 0 aromatic carbocycles. The minimum Gasteiger partial charge on any atom is -0.341 e. The molecule has 1 aliphatic heterocycles. The van der Waals surface area contributed by atoms with Crippen LogP contribution in [0.1, 0.15) is 12.8 Å². The highest BCUT2D eigenvalue weighted by Crippen LogP contribution is 2.18. The molecule has 1 atom stereocenters. The second kappa shape index (κ2) is 4.41. The molecule has 0 saturated carbocycles. The summed E-state index contributed by atoms with van der Waals surface area (Å²) in [6, 6.07) is 0. The normalized spacial score (nSPS) is 22.6. The van der Waals surface area contributed by atoms with Crippen molar-refractivity contribution < 1.29 is 0 Å². The molecule has 5 nitrogen and oxygen atoms in total. The summed E-state index contributed by atoms with van der Waals surface area (Å²) in [6.45, 7) is 3.26. The predicted octanol–water partition coefficient (Wildman–Crippen LogP) is 0.240. The summed E-state index contributed by atoms with van der Waals surface area (Å²) < 4.78 is 0. The largest absolute Gasteiger partial charge is 0.341 e. The first kappa shape index (κ1) is 9.45. The van der Waals surface area contributed by atoms with E-state index >= 15 is 0 Å². The average molecular weight is 195 g/mol. The van der Waals surface area contributed by atoms with Crippen LogP contribution in [0.5, 0.6) is 0 Å². The number of H-pyrrole nitrogens is 1. The van der Waals surface area contributed by atoms with Gasteiger partial charge in [0.15, 0.2) is 0 Å². The highest BCUT2D eigenvalue weighted by molar-refractivity contribution is 5.27. The Morgan fingerprint density at radius 2 is 2.64 bits per heavy atom. The molecule has 1 aromatic heterocycles. The maximum atomic E-state index is 4.17. The number of hydrogen-bond donors (Lipinski definition) is 2. The Kier molecular flexibility index (Phi) is 2.98. The first-order chi connectivity index (χ1) is 6.90.